The molecule has 0 radical (unpaired) electrons. The Morgan fingerprint density at radius 3 is 1.30 bits per heavy atom. The maximum atomic E-state index is 5.22. The fourth-order valence-corrected chi connectivity index (χ4v) is 6.87. The second-order valence-electron chi connectivity index (χ2n) is 6.76. The lowest BCUT2D eigenvalue weighted by Gasteiger charge is -2.25. The van der Waals surface area contributed by atoms with Crippen molar-refractivity contribution in [2.24, 2.45) is 0 Å². The molecule has 3 nitrogen and oxygen atoms in total. The minimum atomic E-state index is -0.0463. The first-order valence-electron chi connectivity index (χ1n) is 9.35. The van der Waals surface area contributed by atoms with Gasteiger partial charge in [-0.25, -0.2) is 0 Å². The summed E-state index contributed by atoms with van der Waals surface area (Å²) in [5.74, 6) is 0. The predicted octanol–water partition coefficient (Wildman–Crippen LogP) is 5.78. The predicted molar refractivity (Wildman–Crippen MR) is 101 cm³/mol. The zero-order chi connectivity index (χ0) is 16.3. The van der Waals surface area contributed by atoms with Crippen molar-refractivity contribution in [2.75, 3.05) is 14.2 Å². The van der Waals surface area contributed by atoms with Gasteiger partial charge in [0.25, 0.3) is 0 Å². The average Bonchev–Trinajstić information content (AvgIpc) is 3.11. The largest absolute Gasteiger partial charge is 0.356 e. The molecule has 0 aromatic heterocycles. The molecular weight excluding hydrogens is 328 g/mol. The number of hydrogen-bond acceptors (Lipinski definition) is 5. The standard InChI is InChI=1S/C12H22S2.C6H12O3/c1-3-7-11(8-4-1)13-14-12-9-5-2-6-10-12;1-7-5-3-4-6(8-2)9-5/h11-12H,1-10H2;5-6H,3-4H2,1-2H3. The molecule has 0 N–H and O–H groups in total. The quantitative estimate of drug-likeness (QED) is 0.578. The third-order valence-corrected chi connectivity index (χ3v) is 8.46. The Morgan fingerprint density at radius 2 is 1.00 bits per heavy atom. The molecule has 136 valence electrons. The van der Waals surface area contributed by atoms with E-state index in [0.717, 1.165) is 23.3 Å². The van der Waals surface area contributed by atoms with Crippen molar-refractivity contribution in [1.82, 2.24) is 0 Å². The molecule has 2 atom stereocenters. The van der Waals surface area contributed by atoms with Crippen LogP contribution in [0.3, 0.4) is 0 Å². The van der Waals surface area contributed by atoms with E-state index in [2.05, 4.69) is 21.6 Å². The smallest absolute Gasteiger partial charge is 0.160 e. The third kappa shape index (κ3) is 8.00. The monoisotopic (exact) mass is 362 g/mol. The molecule has 0 aromatic carbocycles. The summed E-state index contributed by atoms with van der Waals surface area (Å²) in [6.07, 6.45) is 16.7. The maximum Gasteiger partial charge on any atom is 0.160 e. The fraction of sp³-hybridized carbons (Fsp3) is 1.00. The van der Waals surface area contributed by atoms with E-state index in [0.29, 0.717) is 0 Å². The van der Waals surface area contributed by atoms with E-state index in [-0.39, 0.29) is 12.6 Å². The Labute approximate surface area is 150 Å². The van der Waals surface area contributed by atoms with Crippen LogP contribution in [0.4, 0.5) is 0 Å². The second-order valence-corrected chi connectivity index (χ2v) is 9.63. The normalized spacial score (nSPS) is 30.0. The van der Waals surface area contributed by atoms with Crippen LogP contribution < -0.4 is 0 Å². The van der Waals surface area contributed by atoms with E-state index in [1.807, 2.05) is 0 Å². The van der Waals surface area contributed by atoms with Gasteiger partial charge in [0, 0.05) is 37.6 Å². The van der Waals surface area contributed by atoms with Crippen LogP contribution in [-0.2, 0) is 14.2 Å². The highest BCUT2D eigenvalue weighted by Crippen LogP contribution is 2.42. The highest BCUT2D eigenvalue weighted by molar-refractivity contribution is 8.77. The van der Waals surface area contributed by atoms with Gasteiger partial charge in [-0.3, -0.25) is 0 Å². The Kier molecular flexibility index (Phi) is 10.4. The maximum absolute atomic E-state index is 5.22. The molecule has 0 bridgehead atoms. The first-order chi connectivity index (χ1) is 11.3. The van der Waals surface area contributed by atoms with Crippen molar-refractivity contribution in [3.63, 3.8) is 0 Å². The van der Waals surface area contributed by atoms with Crippen molar-refractivity contribution in [3.05, 3.63) is 0 Å². The van der Waals surface area contributed by atoms with Crippen molar-refractivity contribution in [1.29, 1.82) is 0 Å². The van der Waals surface area contributed by atoms with Crippen LogP contribution in [0.1, 0.15) is 77.0 Å². The van der Waals surface area contributed by atoms with E-state index in [1.54, 1.807) is 14.2 Å². The van der Waals surface area contributed by atoms with Gasteiger partial charge in [0.2, 0.25) is 0 Å². The molecule has 2 saturated carbocycles. The van der Waals surface area contributed by atoms with Crippen LogP contribution >= 0.6 is 21.6 Å². The summed E-state index contributed by atoms with van der Waals surface area (Å²) in [6.45, 7) is 0. The minimum Gasteiger partial charge on any atom is -0.356 e. The molecule has 0 aromatic rings. The summed E-state index contributed by atoms with van der Waals surface area (Å²) in [7, 11) is 7.72. The van der Waals surface area contributed by atoms with Crippen molar-refractivity contribution < 1.29 is 14.2 Å². The molecule has 5 heteroatoms. The molecule has 2 unspecified atom stereocenters. The Hall–Kier alpha value is 0.580. The molecule has 1 heterocycles. The first kappa shape index (κ1) is 19.9. The summed E-state index contributed by atoms with van der Waals surface area (Å²) in [4.78, 5) is 0. The van der Waals surface area contributed by atoms with E-state index < -0.39 is 0 Å². The first-order valence-corrected chi connectivity index (χ1v) is 11.6. The molecule has 1 aliphatic heterocycles. The third-order valence-electron chi connectivity index (χ3n) is 4.90. The van der Waals surface area contributed by atoms with Gasteiger partial charge in [0.15, 0.2) is 12.6 Å². The Balaban J connectivity index is 0.000000185. The summed E-state index contributed by atoms with van der Waals surface area (Å²) < 4.78 is 15.1. The van der Waals surface area contributed by atoms with Crippen LogP contribution in [0.5, 0.6) is 0 Å². The highest BCUT2D eigenvalue weighted by atomic mass is 33.1. The van der Waals surface area contributed by atoms with Gasteiger partial charge >= 0.3 is 0 Å². The fourth-order valence-electron chi connectivity index (χ4n) is 3.40. The van der Waals surface area contributed by atoms with Crippen LogP contribution in [0.2, 0.25) is 0 Å². The molecule has 3 fully saturated rings. The van der Waals surface area contributed by atoms with Crippen molar-refractivity contribution in [2.45, 2.75) is 100 Å². The molecule has 3 aliphatic rings. The lowest BCUT2D eigenvalue weighted by atomic mass is 10.0. The number of rotatable bonds is 5. The van der Waals surface area contributed by atoms with E-state index in [4.69, 9.17) is 14.2 Å². The number of ether oxygens (including phenoxy) is 3. The average molecular weight is 363 g/mol. The molecular formula is C18H34O3S2. The van der Waals surface area contributed by atoms with Gasteiger partial charge in [-0.2, -0.15) is 0 Å². The molecule has 2 aliphatic carbocycles. The van der Waals surface area contributed by atoms with Crippen LogP contribution in [0.15, 0.2) is 0 Å². The molecule has 1 saturated heterocycles. The van der Waals surface area contributed by atoms with Gasteiger partial charge in [-0.15, -0.1) is 0 Å². The zero-order valence-electron chi connectivity index (χ0n) is 14.8. The van der Waals surface area contributed by atoms with Gasteiger partial charge in [-0.05, 0) is 25.7 Å². The van der Waals surface area contributed by atoms with Crippen LogP contribution in [0, 0.1) is 0 Å². The lowest BCUT2D eigenvalue weighted by Crippen LogP contribution is -2.13. The van der Waals surface area contributed by atoms with Crippen LogP contribution in [-0.4, -0.2) is 37.3 Å². The molecule has 0 amide bonds. The molecule has 3 rings (SSSR count). The molecule has 23 heavy (non-hydrogen) atoms. The minimum absolute atomic E-state index is 0.0463. The van der Waals surface area contributed by atoms with Gasteiger partial charge < -0.3 is 14.2 Å². The Morgan fingerprint density at radius 1 is 0.609 bits per heavy atom. The van der Waals surface area contributed by atoms with Gasteiger partial charge in [0.1, 0.15) is 0 Å². The van der Waals surface area contributed by atoms with Gasteiger partial charge in [-0.1, -0.05) is 60.1 Å². The zero-order valence-corrected chi connectivity index (χ0v) is 16.5. The van der Waals surface area contributed by atoms with E-state index >= 15 is 0 Å². The van der Waals surface area contributed by atoms with E-state index in [1.165, 1.54) is 64.2 Å². The highest BCUT2D eigenvalue weighted by Gasteiger charge is 2.24. The summed E-state index contributed by atoms with van der Waals surface area (Å²) in [6, 6.07) is 0. The topological polar surface area (TPSA) is 27.7 Å². The SMILES string of the molecule is C1CCC(SSC2CCCCC2)CC1.COC1CCC(OC)O1. The number of methoxy groups -OCH3 is 2. The number of hydrogen-bond donors (Lipinski definition) is 0. The Bertz CT molecular complexity index is 264. The van der Waals surface area contributed by atoms with Crippen molar-refractivity contribution in [3.8, 4) is 0 Å². The molecule has 0 spiro atoms. The van der Waals surface area contributed by atoms with Crippen LogP contribution in [0.25, 0.3) is 0 Å². The lowest BCUT2D eigenvalue weighted by molar-refractivity contribution is -0.185. The summed E-state index contributed by atoms with van der Waals surface area (Å²) in [5, 5.41) is 1.99. The van der Waals surface area contributed by atoms with Crippen molar-refractivity contribution >= 4 is 21.6 Å². The van der Waals surface area contributed by atoms with Gasteiger partial charge in [0.05, 0.1) is 0 Å². The second kappa shape index (κ2) is 12.0. The summed E-state index contributed by atoms with van der Waals surface area (Å²) in [5.41, 5.74) is 0. The van der Waals surface area contributed by atoms with E-state index in [9.17, 15) is 0 Å². The summed E-state index contributed by atoms with van der Waals surface area (Å²) >= 11 is 0.